The van der Waals surface area contributed by atoms with Crippen LogP contribution < -0.4 is 10.1 Å². The third-order valence-electron chi connectivity index (χ3n) is 4.98. The van der Waals surface area contributed by atoms with E-state index in [0.717, 1.165) is 28.1 Å². The zero-order valence-corrected chi connectivity index (χ0v) is 19.3. The number of thioether (sulfide) groups is 1. The second-order valence-corrected chi connectivity index (χ2v) is 8.39. The number of hydrogen-bond donors (Lipinski definition) is 1. The van der Waals surface area contributed by atoms with Gasteiger partial charge in [-0.25, -0.2) is 0 Å². The third kappa shape index (κ3) is 5.76. The number of ether oxygens (including phenoxy) is 1. The molecule has 3 rings (SSSR count). The van der Waals surface area contributed by atoms with Gasteiger partial charge < -0.3 is 10.1 Å². The number of allylic oxidation sites excluding steroid dienone is 1. The van der Waals surface area contributed by atoms with Crippen LogP contribution in [0.25, 0.3) is 0 Å². The minimum absolute atomic E-state index is 0.0882. The number of aryl methyl sites for hydroxylation is 4. The number of nitrogens with zero attached hydrogens (tertiary/aromatic N) is 3. The molecule has 162 valence electrons. The SMILES string of the molecule is C=CCn1c(COc2c(C)cccc2C)nnc1SCC(=O)Nc1ccc(C)c(C)c1. The van der Waals surface area contributed by atoms with E-state index in [-0.39, 0.29) is 11.7 Å². The zero-order valence-electron chi connectivity index (χ0n) is 18.4. The third-order valence-corrected chi connectivity index (χ3v) is 5.95. The molecule has 0 unspecified atom stereocenters. The van der Waals surface area contributed by atoms with Gasteiger partial charge in [-0.15, -0.1) is 16.8 Å². The monoisotopic (exact) mass is 436 g/mol. The molecule has 31 heavy (non-hydrogen) atoms. The van der Waals surface area contributed by atoms with Crippen LogP contribution >= 0.6 is 11.8 Å². The van der Waals surface area contributed by atoms with E-state index in [1.165, 1.54) is 17.3 Å². The van der Waals surface area contributed by atoms with Crippen molar-refractivity contribution in [3.8, 4) is 5.75 Å². The normalized spacial score (nSPS) is 10.7. The van der Waals surface area contributed by atoms with Crippen molar-refractivity contribution in [2.45, 2.75) is 46.0 Å². The summed E-state index contributed by atoms with van der Waals surface area (Å²) >= 11 is 1.34. The van der Waals surface area contributed by atoms with Gasteiger partial charge in [-0.1, -0.05) is 42.1 Å². The minimum atomic E-state index is -0.0882. The van der Waals surface area contributed by atoms with Gasteiger partial charge in [0, 0.05) is 12.2 Å². The number of hydrogen-bond acceptors (Lipinski definition) is 5. The van der Waals surface area contributed by atoms with E-state index in [1.54, 1.807) is 6.08 Å². The molecule has 0 saturated carbocycles. The molecule has 1 N–H and O–H groups in total. The Balaban J connectivity index is 1.64. The summed E-state index contributed by atoms with van der Waals surface area (Å²) in [6, 6.07) is 11.9. The quantitative estimate of drug-likeness (QED) is 0.377. The predicted octanol–water partition coefficient (Wildman–Crippen LogP) is 5.01. The van der Waals surface area contributed by atoms with Gasteiger partial charge in [0.15, 0.2) is 11.0 Å². The number of carbonyl (C=O) groups excluding carboxylic acids is 1. The number of anilines is 1. The average Bonchev–Trinajstić information content (AvgIpc) is 3.11. The van der Waals surface area contributed by atoms with Gasteiger partial charge in [-0.2, -0.15) is 0 Å². The van der Waals surface area contributed by atoms with Crippen molar-refractivity contribution in [2.24, 2.45) is 0 Å². The van der Waals surface area contributed by atoms with E-state index in [0.29, 0.717) is 24.1 Å². The summed E-state index contributed by atoms with van der Waals surface area (Å²) in [5, 5.41) is 12.1. The van der Waals surface area contributed by atoms with Crippen molar-refractivity contribution < 1.29 is 9.53 Å². The maximum atomic E-state index is 12.4. The number of benzene rings is 2. The molecule has 6 nitrogen and oxygen atoms in total. The molecule has 3 aromatic rings. The van der Waals surface area contributed by atoms with Crippen molar-refractivity contribution in [3.63, 3.8) is 0 Å². The number of carbonyl (C=O) groups is 1. The Morgan fingerprint density at radius 1 is 1.10 bits per heavy atom. The van der Waals surface area contributed by atoms with Crippen LogP contribution in [-0.2, 0) is 17.9 Å². The van der Waals surface area contributed by atoms with Crippen LogP contribution in [0.5, 0.6) is 5.75 Å². The van der Waals surface area contributed by atoms with Gasteiger partial charge in [0.25, 0.3) is 0 Å². The lowest BCUT2D eigenvalue weighted by Gasteiger charge is -2.12. The maximum absolute atomic E-state index is 12.4. The Bertz CT molecular complexity index is 1070. The fourth-order valence-electron chi connectivity index (χ4n) is 3.15. The average molecular weight is 437 g/mol. The Labute approximate surface area is 187 Å². The largest absolute Gasteiger partial charge is 0.485 e. The smallest absolute Gasteiger partial charge is 0.234 e. The molecular weight excluding hydrogens is 408 g/mol. The van der Waals surface area contributed by atoms with Crippen LogP contribution in [0.1, 0.15) is 28.1 Å². The summed E-state index contributed by atoms with van der Waals surface area (Å²) in [5.41, 5.74) is 5.29. The van der Waals surface area contributed by atoms with Crippen molar-refractivity contribution in [1.82, 2.24) is 14.8 Å². The van der Waals surface area contributed by atoms with Gasteiger partial charge in [0.2, 0.25) is 5.91 Å². The van der Waals surface area contributed by atoms with E-state index < -0.39 is 0 Å². The molecule has 1 heterocycles. The van der Waals surface area contributed by atoms with Crippen LogP contribution in [0.2, 0.25) is 0 Å². The van der Waals surface area contributed by atoms with Crippen molar-refractivity contribution in [2.75, 3.05) is 11.1 Å². The molecule has 0 aliphatic carbocycles. The van der Waals surface area contributed by atoms with Crippen molar-refractivity contribution in [1.29, 1.82) is 0 Å². The first kappa shape index (κ1) is 22.6. The van der Waals surface area contributed by atoms with Crippen molar-refractivity contribution >= 4 is 23.4 Å². The number of aromatic nitrogens is 3. The van der Waals surface area contributed by atoms with Gasteiger partial charge in [0.05, 0.1) is 5.75 Å². The summed E-state index contributed by atoms with van der Waals surface area (Å²) in [7, 11) is 0. The molecule has 1 aromatic heterocycles. The molecular formula is C24H28N4O2S. The van der Waals surface area contributed by atoms with Crippen LogP contribution in [0.3, 0.4) is 0 Å². The Kier molecular flexibility index (Phi) is 7.52. The lowest BCUT2D eigenvalue weighted by Crippen LogP contribution is -2.15. The molecule has 2 aromatic carbocycles. The van der Waals surface area contributed by atoms with Gasteiger partial charge >= 0.3 is 0 Å². The first-order valence-corrected chi connectivity index (χ1v) is 11.1. The van der Waals surface area contributed by atoms with Crippen LogP contribution in [0.15, 0.2) is 54.2 Å². The second kappa shape index (κ2) is 10.3. The number of para-hydroxylation sites is 1. The molecule has 7 heteroatoms. The lowest BCUT2D eigenvalue weighted by atomic mass is 10.1. The Hall–Kier alpha value is -3.06. The summed E-state index contributed by atoms with van der Waals surface area (Å²) in [6.45, 7) is 12.8. The summed E-state index contributed by atoms with van der Waals surface area (Å²) in [4.78, 5) is 12.4. The zero-order chi connectivity index (χ0) is 22.4. The molecule has 1 amide bonds. The van der Waals surface area contributed by atoms with E-state index in [2.05, 4.69) is 22.1 Å². The van der Waals surface area contributed by atoms with Gasteiger partial charge in [0.1, 0.15) is 12.4 Å². The van der Waals surface area contributed by atoms with E-state index >= 15 is 0 Å². The van der Waals surface area contributed by atoms with Crippen LogP contribution in [-0.4, -0.2) is 26.4 Å². The highest BCUT2D eigenvalue weighted by molar-refractivity contribution is 7.99. The second-order valence-electron chi connectivity index (χ2n) is 7.44. The van der Waals surface area contributed by atoms with Gasteiger partial charge in [-0.05, 0) is 62.1 Å². The minimum Gasteiger partial charge on any atom is -0.485 e. The lowest BCUT2D eigenvalue weighted by molar-refractivity contribution is -0.113. The topological polar surface area (TPSA) is 69.0 Å². The first-order chi connectivity index (χ1) is 14.9. The molecule has 0 atom stereocenters. The van der Waals surface area contributed by atoms with Gasteiger partial charge in [-0.3, -0.25) is 9.36 Å². The standard InChI is InChI=1S/C24H28N4O2S/c1-6-12-28-21(14-30-23-17(3)8-7-9-18(23)4)26-27-24(28)31-15-22(29)25-20-11-10-16(2)19(5)13-20/h6-11,13H,1,12,14-15H2,2-5H3,(H,25,29). The Morgan fingerprint density at radius 3 is 2.52 bits per heavy atom. The first-order valence-electron chi connectivity index (χ1n) is 10.1. The number of nitrogens with one attached hydrogen (secondary N) is 1. The predicted molar refractivity (Wildman–Crippen MR) is 126 cm³/mol. The Morgan fingerprint density at radius 2 is 1.84 bits per heavy atom. The highest BCUT2D eigenvalue weighted by Crippen LogP contribution is 2.24. The molecule has 0 radical (unpaired) electrons. The van der Waals surface area contributed by atoms with Crippen molar-refractivity contribution in [3.05, 3.63) is 77.1 Å². The van der Waals surface area contributed by atoms with E-state index in [9.17, 15) is 4.79 Å². The molecule has 0 aliphatic heterocycles. The number of rotatable bonds is 9. The fraction of sp³-hybridized carbons (Fsp3) is 0.292. The molecule has 0 bridgehead atoms. The van der Waals surface area contributed by atoms with E-state index in [4.69, 9.17) is 4.74 Å². The summed E-state index contributed by atoms with van der Waals surface area (Å²) in [6.07, 6.45) is 1.78. The molecule has 0 fully saturated rings. The van der Waals surface area contributed by atoms with Crippen LogP contribution in [0.4, 0.5) is 5.69 Å². The summed E-state index contributed by atoms with van der Waals surface area (Å²) in [5.74, 6) is 1.70. The summed E-state index contributed by atoms with van der Waals surface area (Å²) < 4.78 is 7.96. The van der Waals surface area contributed by atoms with Crippen LogP contribution in [0, 0.1) is 27.7 Å². The fourth-order valence-corrected chi connectivity index (χ4v) is 3.92. The highest BCUT2D eigenvalue weighted by atomic mass is 32.2. The molecule has 0 saturated heterocycles. The number of amides is 1. The molecule has 0 spiro atoms. The molecule has 0 aliphatic rings. The highest BCUT2D eigenvalue weighted by Gasteiger charge is 2.15. The maximum Gasteiger partial charge on any atom is 0.234 e. The van der Waals surface area contributed by atoms with E-state index in [1.807, 2.05) is 68.7 Å².